The Morgan fingerprint density at radius 1 is 1.09 bits per heavy atom. The summed E-state index contributed by atoms with van der Waals surface area (Å²) in [5, 5.41) is 17.0. The van der Waals surface area contributed by atoms with Crippen LogP contribution in [0, 0.1) is 5.92 Å². The van der Waals surface area contributed by atoms with Crippen LogP contribution in [-0.4, -0.2) is 48.8 Å². The first-order chi connectivity index (χ1) is 15.3. The van der Waals surface area contributed by atoms with Crippen LogP contribution in [0.25, 0.3) is 0 Å². The number of hydrogen-bond acceptors (Lipinski definition) is 6. The average molecular weight is 478 g/mol. The number of aliphatic hydroxyl groups excluding tert-OH is 1. The van der Waals surface area contributed by atoms with Crippen LogP contribution in [0.3, 0.4) is 0 Å². The fraction of sp³-hybridized carbons (Fsp3) is 0.455. The van der Waals surface area contributed by atoms with Crippen molar-refractivity contribution in [2.75, 3.05) is 18.4 Å². The molecule has 172 valence electrons. The number of sulfonamides is 1. The lowest BCUT2D eigenvalue weighted by Gasteiger charge is -2.28. The number of nitrogens with zero attached hydrogens (tertiary/aromatic N) is 1. The summed E-state index contributed by atoms with van der Waals surface area (Å²) in [6.45, 7) is 2.30. The van der Waals surface area contributed by atoms with Crippen LogP contribution in [0.5, 0.6) is 0 Å². The largest absolute Gasteiger partial charge is 0.393 e. The first-order valence-electron chi connectivity index (χ1n) is 10.7. The molecule has 1 saturated heterocycles. The van der Waals surface area contributed by atoms with Crippen LogP contribution < -0.4 is 10.6 Å². The van der Waals surface area contributed by atoms with E-state index in [-0.39, 0.29) is 40.7 Å². The molecule has 1 atom stereocenters. The summed E-state index contributed by atoms with van der Waals surface area (Å²) in [4.78, 5) is 24.9. The number of nitrogens with one attached hydrogen (secondary N) is 2. The quantitative estimate of drug-likeness (QED) is 0.567. The monoisotopic (exact) mass is 477 g/mol. The van der Waals surface area contributed by atoms with Crippen molar-refractivity contribution in [1.82, 2.24) is 9.62 Å². The van der Waals surface area contributed by atoms with Gasteiger partial charge in [-0.15, -0.1) is 11.3 Å². The van der Waals surface area contributed by atoms with Gasteiger partial charge in [0, 0.05) is 24.7 Å². The molecule has 32 heavy (non-hydrogen) atoms. The highest BCUT2D eigenvalue weighted by molar-refractivity contribution is 7.89. The molecule has 0 bridgehead atoms. The second-order valence-corrected chi connectivity index (χ2v) is 11.2. The lowest BCUT2D eigenvalue weighted by Crippen LogP contribution is -2.40. The average Bonchev–Trinajstić information content (AvgIpc) is 3.50. The highest BCUT2D eigenvalue weighted by atomic mass is 32.2. The first kappa shape index (κ1) is 22.9. The SMILES string of the molecule is CC(NC(=O)c1sccc1S(=O)(=O)N1CCC(O)CC1)c1ccc(NC(=O)C2CC2)cc1. The summed E-state index contributed by atoms with van der Waals surface area (Å²) >= 11 is 1.09. The van der Waals surface area contributed by atoms with E-state index >= 15 is 0 Å². The maximum Gasteiger partial charge on any atom is 0.263 e. The van der Waals surface area contributed by atoms with Gasteiger partial charge in [-0.1, -0.05) is 12.1 Å². The van der Waals surface area contributed by atoms with E-state index in [4.69, 9.17) is 0 Å². The van der Waals surface area contributed by atoms with Gasteiger partial charge in [-0.05, 0) is 61.7 Å². The van der Waals surface area contributed by atoms with E-state index in [2.05, 4.69) is 10.6 Å². The molecular formula is C22H27N3O5S2. The third-order valence-corrected chi connectivity index (χ3v) is 8.83. The topological polar surface area (TPSA) is 116 Å². The highest BCUT2D eigenvalue weighted by Gasteiger charge is 2.33. The van der Waals surface area contributed by atoms with Crippen LogP contribution in [0.1, 0.15) is 53.9 Å². The molecule has 2 aliphatic rings. The third-order valence-electron chi connectivity index (χ3n) is 5.85. The molecule has 2 heterocycles. The Morgan fingerprint density at radius 3 is 2.38 bits per heavy atom. The Bertz CT molecular complexity index is 1090. The number of aliphatic hydroxyl groups is 1. The number of carbonyl (C=O) groups is 2. The number of carbonyl (C=O) groups excluding carboxylic acids is 2. The second-order valence-electron chi connectivity index (χ2n) is 8.33. The number of amides is 2. The number of anilines is 1. The molecule has 1 aliphatic heterocycles. The summed E-state index contributed by atoms with van der Waals surface area (Å²) in [5.74, 6) is -0.290. The molecule has 3 N–H and O–H groups in total. The molecule has 0 spiro atoms. The number of benzene rings is 1. The fourth-order valence-electron chi connectivity index (χ4n) is 3.68. The minimum atomic E-state index is -3.81. The van der Waals surface area contributed by atoms with Crippen molar-refractivity contribution in [3.63, 3.8) is 0 Å². The molecule has 10 heteroatoms. The van der Waals surface area contributed by atoms with Crippen molar-refractivity contribution >= 4 is 38.9 Å². The minimum absolute atomic E-state index is 0.00160. The summed E-state index contributed by atoms with van der Waals surface area (Å²) in [7, 11) is -3.81. The van der Waals surface area contributed by atoms with Crippen molar-refractivity contribution < 1.29 is 23.1 Å². The summed E-state index contributed by atoms with van der Waals surface area (Å²) < 4.78 is 27.4. The Kier molecular flexibility index (Phi) is 6.66. The Labute approximate surface area is 191 Å². The van der Waals surface area contributed by atoms with E-state index in [1.807, 2.05) is 19.1 Å². The molecule has 1 aromatic carbocycles. The van der Waals surface area contributed by atoms with E-state index in [0.717, 1.165) is 29.7 Å². The highest BCUT2D eigenvalue weighted by Crippen LogP contribution is 2.31. The van der Waals surface area contributed by atoms with Gasteiger partial charge in [0.05, 0.1) is 12.1 Å². The van der Waals surface area contributed by atoms with Crippen LogP contribution in [-0.2, 0) is 14.8 Å². The third kappa shape index (κ3) is 5.03. The van der Waals surface area contributed by atoms with E-state index in [0.29, 0.717) is 18.5 Å². The molecule has 1 saturated carbocycles. The molecule has 2 fully saturated rings. The van der Waals surface area contributed by atoms with Crippen molar-refractivity contribution in [2.24, 2.45) is 5.92 Å². The Hall–Kier alpha value is -2.27. The van der Waals surface area contributed by atoms with E-state index in [9.17, 15) is 23.1 Å². The number of hydrogen-bond donors (Lipinski definition) is 3. The fourth-order valence-corrected chi connectivity index (χ4v) is 6.45. The number of rotatable bonds is 7. The number of thiophene rings is 1. The van der Waals surface area contributed by atoms with Crippen molar-refractivity contribution in [3.8, 4) is 0 Å². The zero-order valence-corrected chi connectivity index (χ0v) is 19.4. The van der Waals surface area contributed by atoms with Crippen molar-refractivity contribution in [1.29, 1.82) is 0 Å². The zero-order valence-electron chi connectivity index (χ0n) is 17.8. The van der Waals surface area contributed by atoms with Gasteiger partial charge in [-0.2, -0.15) is 4.31 Å². The predicted molar refractivity (Wildman–Crippen MR) is 122 cm³/mol. The molecule has 1 unspecified atom stereocenters. The number of piperidine rings is 1. The standard InChI is InChI=1S/C22H27N3O5S2/c1-14(15-4-6-17(7-5-15)24-21(27)16-2-3-16)23-22(28)20-19(10-13-31-20)32(29,30)25-11-8-18(26)9-12-25/h4-7,10,13-14,16,18,26H,2-3,8-9,11-12H2,1H3,(H,23,28)(H,24,27). The molecule has 8 nitrogen and oxygen atoms in total. The first-order valence-corrected chi connectivity index (χ1v) is 13.0. The van der Waals surface area contributed by atoms with Gasteiger partial charge in [0.2, 0.25) is 15.9 Å². The molecule has 0 radical (unpaired) electrons. The molecule has 1 aromatic heterocycles. The van der Waals surface area contributed by atoms with E-state index in [1.54, 1.807) is 17.5 Å². The van der Waals surface area contributed by atoms with Crippen LogP contribution in [0.4, 0.5) is 5.69 Å². The summed E-state index contributed by atoms with van der Waals surface area (Å²) in [5.41, 5.74) is 1.55. The van der Waals surface area contributed by atoms with Crippen LogP contribution in [0.2, 0.25) is 0 Å². The molecule has 1 aliphatic carbocycles. The predicted octanol–water partition coefficient (Wildman–Crippen LogP) is 2.73. The smallest absolute Gasteiger partial charge is 0.263 e. The van der Waals surface area contributed by atoms with Gasteiger partial charge in [0.25, 0.3) is 5.91 Å². The molecular weight excluding hydrogens is 450 g/mol. The van der Waals surface area contributed by atoms with Gasteiger partial charge in [-0.25, -0.2) is 8.42 Å². The van der Waals surface area contributed by atoms with Gasteiger partial charge in [0.1, 0.15) is 9.77 Å². The second kappa shape index (κ2) is 9.30. The van der Waals surface area contributed by atoms with Gasteiger partial charge in [-0.3, -0.25) is 9.59 Å². The normalized spacial score (nSPS) is 18.8. The maximum atomic E-state index is 13.1. The van der Waals surface area contributed by atoms with Crippen LogP contribution >= 0.6 is 11.3 Å². The minimum Gasteiger partial charge on any atom is -0.393 e. The van der Waals surface area contributed by atoms with Crippen molar-refractivity contribution in [3.05, 3.63) is 46.2 Å². The Balaban J connectivity index is 1.42. The van der Waals surface area contributed by atoms with Crippen LogP contribution in [0.15, 0.2) is 40.6 Å². The molecule has 4 rings (SSSR count). The van der Waals surface area contributed by atoms with E-state index in [1.165, 1.54) is 10.4 Å². The zero-order chi connectivity index (χ0) is 22.9. The van der Waals surface area contributed by atoms with Gasteiger partial charge < -0.3 is 15.7 Å². The van der Waals surface area contributed by atoms with E-state index < -0.39 is 22.0 Å². The lowest BCUT2D eigenvalue weighted by molar-refractivity contribution is -0.117. The van der Waals surface area contributed by atoms with Gasteiger partial charge >= 0.3 is 0 Å². The molecule has 2 amide bonds. The van der Waals surface area contributed by atoms with Gasteiger partial charge in [0.15, 0.2) is 0 Å². The summed E-state index contributed by atoms with van der Waals surface area (Å²) in [6.07, 6.45) is 2.17. The lowest BCUT2D eigenvalue weighted by atomic mass is 10.1. The summed E-state index contributed by atoms with van der Waals surface area (Å²) in [6, 6.07) is 8.37. The Morgan fingerprint density at radius 2 is 1.75 bits per heavy atom. The van der Waals surface area contributed by atoms with Crippen molar-refractivity contribution in [2.45, 2.75) is 49.6 Å². The molecule has 2 aromatic rings. The maximum absolute atomic E-state index is 13.1.